The van der Waals surface area contributed by atoms with Gasteiger partial charge in [-0.1, -0.05) is 25.1 Å². The van der Waals surface area contributed by atoms with Crippen molar-refractivity contribution in [1.29, 1.82) is 0 Å². The molecule has 1 saturated carbocycles. The van der Waals surface area contributed by atoms with Crippen molar-refractivity contribution in [2.45, 2.75) is 51.0 Å². The number of hydrogen-bond acceptors (Lipinski definition) is 4. The number of hydrogen-bond donors (Lipinski definition) is 0. The van der Waals surface area contributed by atoms with Crippen LogP contribution in [-0.4, -0.2) is 38.6 Å². The molecule has 164 valence electrons. The lowest BCUT2D eigenvalue weighted by Crippen LogP contribution is -2.51. The zero-order valence-electron chi connectivity index (χ0n) is 18.2. The van der Waals surface area contributed by atoms with Crippen molar-refractivity contribution < 1.29 is 18.0 Å². The van der Waals surface area contributed by atoms with E-state index in [1.54, 1.807) is 36.1 Å². The van der Waals surface area contributed by atoms with Gasteiger partial charge in [-0.15, -0.1) is 0 Å². The predicted octanol–water partition coefficient (Wildman–Crippen LogP) is 4.04. The Morgan fingerprint density at radius 1 is 1.00 bits per heavy atom. The topological polar surface area (TPSA) is 74.8 Å². The van der Waals surface area contributed by atoms with Gasteiger partial charge >= 0.3 is 0 Å². The maximum absolute atomic E-state index is 13.0. The average Bonchev–Trinajstić information content (AvgIpc) is 3.57. The largest absolute Gasteiger partial charge is 0.308 e. The molecule has 1 fully saturated rings. The molecule has 0 N–H and O–H groups in total. The van der Waals surface area contributed by atoms with Gasteiger partial charge < -0.3 is 9.80 Å². The molecule has 2 amide bonds. The molecule has 6 nitrogen and oxygen atoms in total. The van der Waals surface area contributed by atoms with Gasteiger partial charge in [0.1, 0.15) is 0 Å². The molecule has 0 radical (unpaired) electrons. The second-order valence-corrected chi connectivity index (χ2v) is 10.6. The van der Waals surface area contributed by atoms with Crippen LogP contribution in [0, 0.1) is 5.92 Å². The van der Waals surface area contributed by atoms with E-state index in [9.17, 15) is 18.0 Å². The SMILES string of the molecule is CCCS(=O)(=O)c1ccc(-c2ccc3c(c2)N(C(=O)C2CC2)C[C@H](C)N3C(C)=O)cc1. The summed E-state index contributed by atoms with van der Waals surface area (Å²) in [5, 5.41) is 0. The van der Waals surface area contributed by atoms with Crippen LogP contribution in [0.3, 0.4) is 0 Å². The highest BCUT2D eigenvalue weighted by Crippen LogP contribution is 2.42. The standard InChI is InChI=1S/C24H28N2O4S/c1-4-13-31(29,30)21-10-7-18(8-11-21)20-9-12-22-23(14-20)25(24(28)19-5-6-19)15-16(2)26(22)17(3)27/h7-12,14,16,19H,4-6,13,15H2,1-3H3/t16-/m0/s1. The van der Waals surface area contributed by atoms with Crippen LogP contribution in [0.1, 0.15) is 40.0 Å². The van der Waals surface area contributed by atoms with Crippen LogP contribution >= 0.6 is 0 Å². The van der Waals surface area contributed by atoms with Gasteiger partial charge in [-0.05, 0) is 61.6 Å². The van der Waals surface area contributed by atoms with E-state index in [1.165, 1.54) is 0 Å². The Balaban J connectivity index is 1.74. The summed E-state index contributed by atoms with van der Waals surface area (Å²) in [7, 11) is -3.27. The van der Waals surface area contributed by atoms with E-state index in [0.717, 1.165) is 35.3 Å². The summed E-state index contributed by atoms with van der Waals surface area (Å²) in [5.74, 6) is 0.276. The number of anilines is 2. The highest BCUT2D eigenvalue weighted by atomic mass is 32.2. The molecule has 1 aliphatic heterocycles. The van der Waals surface area contributed by atoms with Gasteiger partial charge in [0.05, 0.1) is 28.1 Å². The number of amides is 2. The average molecular weight is 441 g/mol. The van der Waals surface area contributed by atoms with E-state index in [-0.39, 0.29) is 29.5 Å². The van der Waals surface area contributed by atoms with Gasteiger partial charge in [-0.2, -0.15) is 0 Å². The molecule has 4 rings (SSSR count). The first kappa shape index (κ1) is 21.6. The number of fused-ring (bicyclic) bond motifs is 1. The number of carbonyl (C=O) groups excluding carboxylic acids is 2. The molecule has 0 aromatic heterocycles. The lowest BCUT2D eigenvalue weighted by molar-refractivity contribution is -0.120. The van der Waals surface area contributed by atoms with Crippen LogP contribution in [-0.2, 0) is 19.4 Å². The molecular weight excluding hydrogens is 412 g/mol. The van der Waals surface area contributed by atoms with Crippen LogP contribution in [0.5, 0.6) is 0 Å². The number of sulfone groups is 1. The van der Waals surface area contributed by atoms with Crippen LogP contribution in [0.15, 0.2) is 47.4 Å². The zero-order valence-corrected chi connectivity index (χ0v) is 19.0. The Kier molecular flexibility index (Phi) is 5.64. The number of carbonyl (C=O) groups is 2. The molecule has 2 aromatic rings. The molecule has 7 heteroatoms. The van der Waals surface area contributed by atoms with Crippen molar-refractivity contribution in [1.82, 2.24) is 0 Å². The van der Waals surface area contributed by atoms with Gasteiger partial charge in [-0.3, -0.25) is 9.59 Å². The fraction of sp³-hybridized carbons (Fsp3) is 0.417. The molecule has 1 heterocycles. The van der Waals surface area contributed by atoms with Gasteiger partial charge in [0, 0.05) is 19.4 Å². The third-order valence-corrected chi connectivity index (χ3v) is 7.90. The summed E-state index contributed by atoms with van der Waals surface area (Å²) in [6.45, 7) is 5.82. The first-order chi connectivity index (χ1) is 14.7. The lowest BCUT2D eigenvalue weighted by atomic mass is 10.00. The maximum Gasteiger partial charge on any atom is 0.230 e. The molecule has 0 unspecified atom stereocenters. The summed E-state index contributed by atoms with van der Waals surface area (Å²) >= 11 is 0. The Morgan fingerprint density at radius 2 is 1.65 bits per heavy atom. The van der Waals surface area contributed by atoms with E-state index in [1.807, 2.05) is 36.9 Å². The van der Waals surface area contributed by atoms with Crippen molar-refractivity contribution in [3.05, 3.63) is 42.5 Å². The van der Waals surface area contributed by atoms with Crippen molar-refractivity contribution in [3.63, 3.8) is 0 Å². The lowest BCUT2D eigenvalue weighted by Gasteiger charge is -2.41. The fourth-order valence-corrected chi connectivity index (χ4v) is 5.61. The van der Waals surface area contributed by atoms with Crippen molar-refractivity contribution in [3.8, 4) is 11.1 Å². The zero-order chi connectivity index (χ0) is 22.3. The normalized spacial score (nSPS) is 18.6. The Morgan fingerprint density at radius 3 is 2.23 bits per heavy atom. The minimum atomic E-state index is -3.27. The molecule has 1 aliphatic carbocycles. The van der Waals surface area contributed by atoms with Crippen molar-refractivity contribution >= 4 is 33.0 Å². The van der Waals surface area contributed by atoms with Gasteiger partial charge in [0.15, 0.2) is 9.84 Å². The summed E-state index contributed by atoms with van der Waals surface area (Å²) in [6, 6.07) is 12.5. The monoisotopic (exact) mass is 440 g/mol. The quantitative estimate of drug-likeness (QED) is 0.703. The molecule has 31 heavy (non-hydrogen) atoms. The number of nitrogens with zero attached hydrogens (tertiary/aromatic N) is 2. The van der Waals surface area contributed by atoms with Crippen LogP contribution in [0.25, 0.3) is 11.1 Å². The number of rotatable bonds is 5. The fourth-order valence-electron chi connectivity index (χ4n) is 4.29. The molecular formula is C24H28N2O4S. The maximum atomic E-state index is 13.0. The molecule has 0 saturated heterocycles. The summed E-state index contributed by atoms with van der Waals surface area (Å²) in [4.78, 5) is 29.1. The highest BCUT2D eigenvalue weighted by molar-refractivity contribution is 7.91. The van der Waals surface area contributed by atoms with E-state index < -0.39 is 9.84 Å². The minimum absolute atomic E-state index is 0.0505. The summed E-state index contributed by atoms with van der Waals surface area (Å²) < 4.78 is 24.6. The van der Waals surface area contributed by atoms with Gasteiger partial charge in [0.2, 0.25) is 11.8 Å². The first-order valence-electron chi connectivity index (χ1n) is 10.8. The second-order valence-electron chi connectivity index (χ2n) is 8.51. The summed E-state index contributed by atoms with van der Waals surface area (Å²) in [6.07, 6.45) is 2.41. The molecule has 2 aromatic carbocycles. The van der Waals surface area contributed by atoms with E-state index in [0.29, 0.717) is 17.9 Å². The third-order valence-electron chi connectivity index (χ3n) is 5.96. The smallest absolute Gasteiger partial charge is 0.230 e. The molecule has 0 spiro atoms. The summed E-state index contributed by atoms with van der Waals surface area (Å²) in [5.41, 5.74) is 3.23. The van der Waals surface area contributed by atoms with Crippen LogP contribution < -0.4 is 9.80 Å². The third kappa shape index (κ3) is 4.11. The van der Waals surface area contributed by atoms with E-state index in [4.69, 9.17) is 0 Å². The van der Waals surface area contributed by atoms with Crippen LogP contribution in [0.4, 0.5) is 11.4 Å². The van der Waals surface area contributed by atoms with Crippen LogP contribution in [0.2, 0.25) is 0 Å². The Labute approximate surface area is 183 Å². The molecule has 1 atom stereocenters. The van der Waals surface area contributed by atoms with Gasteiger partial charge in [0.25, 0.3) is 0 Å². The van der Waals surface area contributed by atoms with Gasteiger partial charge in [-0.25, -0.2) is 8.42 Å². The van der Waals surface area contributed by atoms with Crippen molar-refractivity contribution in [2.75, 3.05) is 22.1 Å². The minimum Gasteiger partial charge on any atom is -0.308 e. The Bertz CT molecular complexity index is 1120. The van der Waals surface area contributed by atoms with E-state index >= 15 is 0 Å². The predicted molar refractivity (Wildman–Crippen MR) is 122 cm³/mol. The highest BCUT2D eigenvalue weighted by Gasteiger charge is 2.39. The Hall–Kier alpha value is -2.67. The molecule has 2 aliphatic rings. The second kappa shape index (κ2) is 8.11. The first-order valence-corrected chi connectivity index (χ1v) is 12.5. The van der Waals surface area contributed by atoms with E-state index in [2.05, 4.69) is 0 Å². The number of benzene rings is 2. The van der Waals surface area contributed by atoms with Crippen molar-refractivity contribution in [2.24, 2.45) is 5.92 Å². The molecule has 0 bridgehead atoms.